The molecule has 0 bridgehead atoms. The lowest BCUT2D eigenvalue weighted by Crippen LogP contribution is -2.44. The van der Waals surface area contributed by atoms with Gasteiger partial charge < -0.3 is 10.1 Å². The lowest BCUT2D eigenvalue weighted by atomic mass is 9.98. The standard InChI is InChI=1S/C18H35N3O/c1-10-20-15(3)16(19-9)14(2)11-12-21-18(7,8)22-13-17(4,5)6/h10,19,21H,2,11-13H2,1,3-9H3/b16-15-,20-10?. The summed E-state index contributed by atoms with van der Waals surface area (Å²) < 4.78 is 5.96. The maximum atomic E-state index is 5.96. The highest BCUT2D eigenvalue weighted by molar-refractivity contribution is 5.55. The Bertz CT molecular complexity index is 415. The second-order valence-corrected chi connectivity index (χ2v) is 7.24. The Morgan fingerprint density at radius 1 is 1.23 bits per heavy atom. The first kappa shape index (κ1) is 20.9. The number of nitrogens with one attached hydrogen (secondary N) is 2. The Balaban J connectivity index is 4.45. The van der Waals surface area contributed by atoms with Gasteiger partial charge in [0.05, 0.1) is 18.0 Å². The van der Waals surface area contributed by atoms with Crippen LogP contribution in [0.4, 0.5) is 0 Å². The molecule has 0 atom stereocenters. The molecule has 22 heavy (non-hydrogen) atoms. The number of likely N-dealkylation sites (N-methyl/N-ethyl adjacent to an activating group) is 1. The summed E-state index contributed by atoms with van der Waals surface area (Å²) in [5.41, 5.74) is 2.84. The molecule has 0 aliphatic heterocycles. The Kier molecular flexibility index (Phi) is 8.64. The van der Waals surface area contributed by atoms with Crippen LogP contribution in [-0.2, 0) is 4.74 Å². The topological polar surface area (TPSA) is 45.6 Å². The van der Waals surface area contributed by atoms with E-state index in [1.165, 1.54) is 0 Å². The van der Waals surface area contributed by atoms with E-state index < -0.39 is 0 Å². The molecule has 0 unspecified atom stereocenters. The summed E-state index contributed by atoms with van der Waals surface area (Å²) >= 11 is 0. The molecule has 0 radical (unpaired) electrons. The van der Waals surface area contributed by atoms with Crippen molar-refractivity contribution < 1.29 is 4.74 Å². The molecule has 0 heterocycles. The van der Waals surface area contributed by atoms with Gasteiger partial charge in [0.25, 0.3) is 0 Å². The van der Waals surface area contributed by atoms with Crippen molar-refractivity contribution in [2.75, 3.05) is 20.2 Å². The van der Waals surface area contributed by atoms with E-state index >= 15 is 0 Å². The predicted molar refractivity (Wildman–Crippen MR) is 97.2 cm³/mol. The zero-order valence-corrected chi connectivity index (χ0v) is 15.8. The second-order valence-electron chi connectivity index (χ2n) is 7.24. The number of nitrogens with zero attached hydrogens (tertiary/aromatic N) is 1. The summed E-state index contributed by atoms with van der Waals surface area (Å²) in [7, 11) is 1.90. The highest BCUT2D eigenvalue weighted by atomic mass is 16.5. The van der Waals surface area contributed by atoms with Gasteiger partial charge in [0.1, 0.15) is 5.72 Å². The molecule has 0 amide bonds. The van der Waals surface area contributed by atoms with E-state index in [4.69, 9.17) is 4.74 Å². The number of allylic oxidation sites excluding steroid dienone is 2. The molecule has 4 nitrogen and oxygen atoms in total. The zero-order valence-electron chi connectivity index (χ0n) is 15.8. The molecular weight excluding hydrogens is 274 g/mol. The molecule has 0 saturated carbocycles. The Morgan fingerprint density at radius 2 is 1.82 bits per heavy atom. The van der Waals surface area contributed by atoms with Gasteiger partial charge in [0.15, 0.2) is 0 Å². The first-order chi connectivity index (χ1) is 10.0. The number of rotatable bonds is 9. The molecule has 2 N–H and O–H groups in total. The van der Waals surface area contributed by atoms with E-state index in [2.05, 4.69) is 56.8 Å². The van der Waals surface area contributed by atoms with Gasteiger partial charge in [-0.1, -0.05) is 27.4 Å². The summed E-state index contributed by atoms with van der Waals surface area (Å²) in [6.45, 7) is 20.2. The van der Waals surface area contributed by atoms with Crippen molar-refractivity contribution in [1.82, 2.24) is 10.6 Å². The molecule has 0 aromatic carbocycles. The summed E-state index contributed by atoms with van der Waals surface area (Å²) in [6.07, 6.45) is 2.64. The maximum absolute atomic E-state index is 5.96. The molecule has 0 fully saturated rings. The lowest BCUT2D eigenvalue weighted by molar-refractivity contribution is -0.0711. The van der Waals surface area contributed by atoms with E-state index in [1.807, 2.05) is 20.9 Å². The number of hydrogen-bond donors (Lipinski definition) is 2. The Morgan fingerprint density at radius 3 is 2.27 bits per heavy atom. The van der Waals surface area contributed by atoms with E-state index in [-0.39, 0.29) is 11.1 Å². The van der Waals surface area contributed by atoms with Crippen LogP contribution in [-0.4, -0.2) is 32.1 Å². The van der Waals surface area contributed by atoms with Crippen LogP contribution in [0.25, 0.3) is 0 Å². The van der Waals surface area contributed by atoms with Crippen molar-refractivity contribution in [3.8, 4) is 0 Å². The third-order valence-corrected chi connectivity index (χ3v) is 3.13. The van der Waals surface area contributed by atoms with Crippen LogP contribution >= 0.6 is 0 Å². The van der Waals surface area contributed by atoms with E-state index in [0.29, 0.717) is 0 Å². The summed E-state index contributed by atoms with van der Waals surface area (Å²) in [5.74, 6) is 0. The van der Waals surface area contributed by atoms with Crippen LogP contribution in [0.15, 0.2) is 28.5 Å². The molecule has 128 valence electrons. The summed E-state index contributed by atoms with van der Waals surface area (Å²) in [6, 6.07) is 0. The Hall–Kier alpha value is -1.13. The minimum Gasteiger partial charge on any atom is -0.386 e. The summed E-state index contributed by atoms with van der Waals surface area (Å²) in [4.78, 5) is 4.32. The van der Waals surface area contributed by atoms with Crippen LogP contribution in [0.2, 0.25) is 0 Å². The van der Waals surface area contributed by atoms with Crippen LogP contribution in [0.5, 0.6) is 0 Å². The fraction of sp³-hybridized carbons (Fsp3) is 0.722. The summed E-state index contributed by atoms with van der Waals surface area (Å²) in [5, 5.41) is 6.63. The first-order valence-corrected chi connectivity index (χ1v) is 7.97. The third kappa shape index (κ3) is 9.00. The van der Waals surface area contributed by atoms with Crippen molar-refractivity contribution in [3.05, 3.63) is 23.5 Å². The van der Waals surface area contributed by atoms with E-state index in [1.54, 1.807) is 6.21 Å². The van der Waals surface area contributed by atoms with Crippen molar-refractivity contribution in [3.63, 3.8) is 0 Å². The van der Waals surface area contributed by atoms with Gasteiger partial charge in [-0.15, -0.1) is 0 Å². The first-order valence-electron chi connectivity index (χ1n) is 7.97. The van der Waals surface area contributed by atoms with Gasteiger partial charge >= 0.3 is 0 Å². The van der Waals surface area contributed by atoms with Gasteiger partial charge in [0.2, 0.25) is 0 Å². The van der Waals surface area contributed by atoms with Crippen molar-refractivity contribution in [2.24, 2.45) is 10.4 Å². The molecule has 0 aromatic rings. The average molecular weight is 309 g/mol. The van der Waals surface area contributed by atoms with E-state index in [9.17, 15) is 0 Å². The predicted octanol–water partition coefficient (Wildman–Crippen LogP) is 3.86. The SMILES string of the molecule is C=C(CCNC(C)(C)OCC(C)(C)C)/C(NC)=C(\C)N=CC. The minimum atomic E-state index is -0.340. The van der Waals surface area contributed by atoms with Crippen molar-refractivity contribution in [1.29, 1.82) is 0 Å². The second kappa shape index (κ2) is 9.11. The van der Waals surface area contributed by atoms with E-state index in [0.717, 1.165) is 36.5 Å². The number of aliphatic imine (C=N–C) groups is 1. The van der Waals surface area contributed by atoms with Crippen LogP contribution in [0, 0.1) is 5.41 Å². The van der Waals surface area contributed by atoms with Crippen LogP contribution in [0.1, 0.15) is 54.9 Å². The van der Waals surface area contributed by atoms with Gasteiger partial charge in [-0.05, 0) is 45.1 Å². The number of hydrogen-bond acceptors (Lipinski definition) is 4. The Labute approximate surface area is 137 Å². The van der Waals surface area contributed by atoms with Crippen molar-refractivity contribution >= 4 is 6.21 Å². The van der Waals surface area contributed by atoms with Gasteiger partial charge in [-0.3, -0.25) is 10.3 Å². The minimum absolute atomic E-state index is 0.167. The quantitative estimate of drug-likeness (QED) is 0.386. The average Bonchev–Trinajstić information content (AvgIpc) is 2.37. The molecule has 4 heteroatoms. The normalized spacial score (nSPS) is 14.2. The zero-order chi connectivity index (χ0) is 17.4. The highest BCUT2D eigenvalue weighted by Gasteiger charge is 2.21. The monoisotopic (exact) mass is 309 g/mol. The molecular formula is C18H35N3O. The smallest absolute Gasteiger partial charge is 0.113 e. The van der Waals surface area contributed by atoms with Gasteiger partial charge in [-0.25, -0.2) is 0 Å². The molecule has 0 aromatic heterocycles. The largest absolute Gasteiger partial charge is 0.386 e. The molecule has 0 saturated heterocycles. The molecule has 0 spiro atoms. The van der Waals surface area contributed by atoms with Crippen LogP contribution in [0.3, 0.4) is 0 Å². The van der Waals surface area contributed by atoms with Crippen molar-refractivity contribution in [2.45, 2.75) is 60.6 Å². The maximum Gasteiger partial charge on any atom is 0.113 e. The van der Waals surface area contributed by atoms with Gasteiger partial charge in [0, 0.05) is 19.8 Å². The third-order valence-electron chi connectivity index (χ3n) is 3.13. The van der Waals surface area contributed by atoms with Gasteiger partial charge in [-0.2, -0.15) is 0 Å². The molecule has 0 aliphatic rings. The number of ether oxygens (including phenoxy) is 1. The fourth-order valence-electron chi connectivity index (χ4n) is 1.96. The lowest BCUT2D eigenvalue weighted by Gasteiger charge is -2.31. The molecule has 0 aliphatic carbocycles. The fourth-order valence-corrected chi connectivity index (χ4v) is 1.96. The van der Waals surface area contributed by atoms with Crippen LogP contribution < -0.4 is 10.6 Å². The molecule has 0 rings (SSSR count). The highest BCUT2D eigenvalue weighted by Crippen LogP contribution is 2.18.